The van der Waals surface area contributed by atoms with Crippen LogP contribution < -0.4 is 0 Å². The van der Waals surface area contributed by atoms with E-state index in [1.807, 2.05) is 0 Å². The molecule has 0 saturated heterocycles. The average Bonchev–Trinajstić information content (AvgIpc) is 2.75. The summed E-state index contributed by atoms with van der Waals surface area (Å²) in [4.78, 5) is 0. The first-order chi connectivity index (χ1) is 11.5. The van der Waals surface area contributed by atoms with Gasteiger partial charge in [0.1, 0.15) is 0 Å². The summed E-state index contributed by atoms with van der Waals surface area (Å²) in [7, 11) is 0. The van der Waals surface area contributed by atoms with Crippen LogP contribution in [0.2, 0.25) is 0 Å². The summed E-state index contributed by atoms with van der Waals surface area (Å²) in [6.07, 6.45) is 1.17. The van der Waals surface area contributed by atoms with Gasteiger partial charge in [-0.05, 0) is 115 Å². The largest absolute Gasteiger partial charge is 0.0625 e. The first kappa shape index (κ1) is 18.2. The summed E-state index contributed by atoms with van der Waals surface area (Å²) in [5.74, 6) is 0.685. The molecule has 2 aromatic rings. The minimum absolute atomic E-state index is 0.0848. The molecule has 3 rings (SSSR count). The van der Waals surface area contributed by atoms with Gasteiger partial charge in [0.25, 0.3) is 0 Å². The molecule has 0 heteroatoms. The fourth-order valence-electron chi connectivity index (χ4n) is 5.34. The second-order valence-electron chi connectivity index (χ2n) is 9.21. The molecular formula is C25H34. The third-order valence-corrected chi connectivity index (χ3v) is 6.62. The molecule has 0 amide bonds. The van der Waals surface area contributed by atoms with E-state index in [1.54, 1.807) is 22.3 Å². The van der Waals surface area contributed by atoms with Crippen LogP contribution in [0.1, 0.15) is 77.8 Å². The smallest absolute Gasteiger partial charge is 0.0164 e. The molecule has 0 N–H and O–H groups in total. The fraction of sp³-hybridized carbons (Fsp3) is 0.520. The van der Waals surface area contributed by atoms with Gasteiger partial charge >= 0.3 is 0 Å². The first-order valence-corrected chi connectivity index (χ1v) is 9.74. The standard InChI is InChI=1S/C25H34/c1-13(2)11-20-17(6)18(7)24-22(19(20)8)21-15(4)12-14(3)16(5)23(21)25(24,9)10/h12-13H,11H2,1-10H3. The Balaban J connectivity index is 2.50. The molecule has 0 radical (unpaired) electrons. The zero-order valence-electron chi connectivity index (χ0n) is 17.9. The highest BCUT2D eigenvalue weighted by Crippen LogP contribution is 2.55. The molecule has 1 aliphatic rings. The van der Waals surface area contributed by atoms with Gasteiger partial charge in [-0.1, -0.05) is 33.8 Å². The molecule has 0 nitrogen and oxygen atoms in total. The number of benzene rings is 2. The molecule has 25 heavy (non-hydrogen) atoms. The predicted molar refractivity (Wildman–Crippen MR) is 111 cm³/mol. The molecule has 0 fully saturated rings. The Morgan fingerprint density at radius 1 is 0.720 bits per heavy atom. The van der Waals surface area contributed by atoms with Crippen molar-refractivity contribution in [2.45, 2.75) is 81.1 Å². The summed E-state index contributed by atoms with van der Waals surface area (Å²) in [5, 5.41) is 0. The third kappa shape index (κ3) is 2.40. The van der Waals surface area contributed by atoms with E-state index in [2.05, 4.69) is 75.3 Å². The van der Waals surface area contributed by atoms with Crippen LogP contribution in [0, 0.1) is 47.5 Å². The normalized spacial score (nSPS) is 14.8. The zero-order chi connectivity index (χ0) is 18.8. The maximum atomic E-state index is 2.43. The van der Waals surface area contributed by atoms with Gasteiger partial charge < -0.3 is 0 Å². The molecular weight excluding hydrogens is 300 g/mol. The Morgan fingerprint density at radius 3 is 1.84 bits per heavy atom. The third-order valence-electron chi connectivity index (χ3n) is 6.62. The van der Waals surface area contributed by atoms with Crippen molar-refractivity contribution in [2.24, 2.45) is 5.92 Å². The molecule has 0 atom stereocenters. The van der Waals surface area contributed by atoms with Gasteiger partial charge in [-0.2, -0.15) is 0 Å². The van der Waals surface area contributed by atoms with E-state index >= 15 is 0 Å². The number of hydrogen-bond donors (Lipinski definition) is 0. The van der Waals surface area contributed by atoms with Gasteiger partial charge in [0, 0.05) is 5.41 Å². The molecule has 0 bridgehead atoms. The highest BCUT2D eigenvalue weighted by Gasteiger charge is 2.41. The number of hydrogen-bond acceptors (Lipinski definition) is 0. The van der Waals surface area contributed by atoms with Crippen LogP contribution in [-0.4, -0.2) is 0 Å². The molecule has 1 aliphatic carbocycles. The van der Waals surface area contributed by atoms with Crippen molar-refractivity contribution in [3.63, 3.8) is 0 Å². The van der Waals surface area contributed by atoms with Gasteiger partial charge in [-0.25, -0.2) is 0 Å². The summed E-state index contributed by atoms with van der Waals surface area (Å²) in [6.45, 7) is 23.4. The summed E-state index contributed by atoms with van der Waals surface area (Å²) in [5.41, 5.74) is 16.7. The minimum atomic E-state index is 0.0848. The first-order valence-electron chi connectivity index (χ1n) is 9.74. The predicted octanol–water partition coefficient (Wildman–Crippen LogP) is 7.04. The Bertz CT molecular complexity index is 876. The van der Waals surface area contributed by atoms with Crippen molar-refractivity contribution in [2.75, 3.05) is 0 Å². The number of rotatable bonds is 2. The molecule has 0 saturated carbocycles. The van der Waals surface area contributed by atoms with Crippen molar-refractivity contribution >= 4 is 0 Å². The van der Waals surface area contributed by atoms with E-state index in [1.165, 1.54) is 45.4 Å². The van der Waals surface area contributed by atoms with E-state index in [4.69, 9.17) is 0 Å². The fourth-order valence-corrected chi connectivity index (χ4v) is 5.34. The monoisotopic (exact) mass is 334 g/mol. The molecule has 0 aromatic heterocycles. The highest BCUT2D eigenvalue weighted by molar-refractivity contribution is 5.89. The zero-order valence-corrected chi connectivity index (χ0v) is 17.9. The lowest BCUT2D eigenvalue weighted by atomic mass is 9.75. The lowest BCUT2D eigenvalue weighted by Crippen LogP contribution is -2.19. The van der Waals surface area contributed by atoms with Crippen molar-refractivity contribution in [3.8, 4) is 11.1 Å². The molecule has 0 heterocycles. The van der Waals surface area contributed by atoms with Gasteiger partial charge in [0.15, 0.2) is 0 Å². The lowest BCUT2D eigenvalue weighted by molar-refractivity contribution is 0.634. The Labute approximate surface area is 154 Å². The van der Waals surface area contributed by atoms with Crippen LogP contribution in [0.3, 0.4) is 0 Å². The quantitative estimate of drug-likeness (QED) is 0.552. The second-order valence-corrected chi connectivity index (χ2v) is 9.21. The van der Waals surface area contributed by atoms with E-state index in [0.717, 1.165) is 0 Å². The van der Waals surface area contributed by atoms with Gasteiger partial charge in [-0.15, -0.1) is 0 Å². The van der Waals surface area contributed by atoms with Crippen molar-refractivity contribution < 1.29 is 0 Å². The maximum Gasteiger partial charge on any atom is 0.0164 e. The van der Waals surface area contributed by atoms with Crippen LogP contribution in [0.25, 0.3) is 11.1 Å². The van der Waals surface area contributed by atoms with E-state index in [-0.39, 0.29) is 5.41 Å². The van der Waals surface area contributed by atoms with Crippen LogP contribution in [0.5, 0.6) is 0 Å². The van der Waals surface area contributed by atoms with Gasteiger partial charge in [-0.3, -0.25) is 0 Å². The molecule has 0 unspecified atom stereocenters. The summed E-state index contributed by atoms with van der Waals surface area (Å²) >= 11 is 0. The van der Waals surface area contributed by atoms with Crippen LogP contribution >= 0.6 is 0 Å². The minimum Gasteiger partial charge on any atom is -0.0625 e. The van der Waals surface area contributed by atoms with Gasteiger partial charge in [0.05, 0.1) is 0 Å². The van der Waals surface area contributed by atoms with Crippen LogP contribution in [0.15, 0.2) is 6.07 Å². The lowest BCUT2D eigenvalue weighted by Gasteiger charge is -2.28. The molecule has 134 valence electrons. The Kier molecular flexibility index (Phi) is 4.18. The second kappa shape index (κ2) is 5.73. The Morgan fingerprint density at radius 2 is 1.28 bits per heavy atom. The topological polar surface area (TPSA) is 0 Å². The SMILES string of the molecule is Cc1cc(C)c2c(c1C)C(C)(C)c1c(C)c(C)c(CC(C)C)c(C)c1-2. The number of fused-ring (bicyclic) bond motifs is 3. The summed E-state index contributed by atoms with van der Waals surface area (Å²) in [6, 6.07) is 2.39. The maximum absolute atomic E-state index is 2.43. The van der Waals surface area contributed by atoms with Crippen molar-refractivity contribution in [3.05, 3.63) is 56.1 Å². The van der Waals surface area contributed by atoms with Crippen LogP contribution in [0.4, 0.5) is 0 Å². The van der Waals surface area contributed by atoms with E-state index < -0.39 is 0 Å². The van der Waals surface area contributed by atoms with Crippen molar-refractivity contribution in [1.82, 2.24) is 0 Å². The van der Waals surface area contributed by atoms with Crippen LogP contribution in [-0.2, 0) is 11.8 Å². The highest BCUT2D eigenvalue weighted by atomic mass is 14.4. The molecule has 0 spiro atoms. The van der Waals surface area contributed by atoms with Gasteiger partial charge in [0.2, 0.25) is 0 Å². The van der Waals surface area contributed by atoms with E-state index in [0.29, 0.717) is 5.92 Å². The molecule has 0 aliphatic heterocycles. The van der Waals surface area contributed by atoms with Crippen molar-refractivity contribution in [1.29, 1.82) is 0 Å². The number of aryl methyl sites for hydroxylation is 2. The summed E-state index contributed by atoms with van der Waals surface area (Å²) < 4.78 is 0. The molecule has 2 aromatic carbocycles. The van der Waals surface area contributed by atoms with E-state index in [9.17, 15) is 0 Å². The average molecular weight is 335 g/mol. The Hall–Kier alpha value is -1.56.